The van der Waals surface area contributed by atoms with Gasteiger partial charge in [0.2, 0.25) is 0 Å². The molecule has 0 bridgehead atoms. The van der Waals surface area contributed by atoms with E-state index in [2.05, 4.69) is 73.3 Å². The molecule has 0 saturated heterocycles. The van der Waals surface area contributed by atoms with Crippen LogP contribution in [0, 0.1) is 0 Å². The highest BCUT2D eigenvalue weighted by atomic mass is 19.1. The minimum absolute atomic E-state index is 0.118. The normalized spacial score (nSPS) is 20.7. The average molecular weight is 396 g/mol. The van der Waals surface area contributed by atoms with Crippen LogP contribution in [0.15, 0.2) is 54.6 Å². The van der Waals surface area contributed by atoms with Crippen LogP contribution in [0.3, 0.4) is 0 Å². The number of halogens is 1. The molecule has 29 heavy (non-hydrogen) atoms. The second-order valence-electron chi connectivity index (χ2n) is 8.71. The maximum atomic E-state index is 14.3. The van der Waals surface area contributed by atoms with E-state index in [4.69, 9.17) is 0 Å². The molecular formula is C27H38FN. The van der Waals surface area contributed by atoms with E-state index in [0.717, 1.165) is 38.8 Å². The largest absolute Gasteiger partial charge is 0.296 e. The van der Waals surface area contributed by atoms with Crippen molar-refractivity contribution in [1.29, 1.82) is 0 Å². The van der Waals surface area contributed by atoms with Crippen molar-refractivity contribution in [2.75, 3.05) is 6.54 Å². The smallest absolute Gasteiger partial charge is 0.107 e. The molecule has 0 aromatic heterocycles. The van der Waals surface area contributed by atoms with Crippen molar-refractivity contribution in [2.24, 2.45) is 0 Å². The summed E-state index contributed by atoms with van der Waals surface area (Å²) in [5.41, 5.74) is 3.98. The zero-order chi connectivity index (χ0) is 20.5. The first-order chi connectivity index (χ1) is 14.2. The standard InChI is InChI=1S/C27H38FN/c1-3-20-29(21-23-10-6-5-7-11-23)25(4-2)19-16-22-14-17-24(18-15-22)26-12-8-9-13-27(26)28/h5-7,10-11,14-15,17-18,25-27H,3-4,8-9,12-13,16,19-21H2,1-2H3. The molecule has 2 aromatic rings. The summed E-state index contributed by atoms with van der Waals surface area (Å²) < 4.78 is 14.3. The van der Waals surface area contributed by atoms with Crippen molar-refractivity contribution in [3.63, 3.8) is 0 Å². The minimum atomic E-state index is -0.653. The van der Waals surface area contributed by atoms with Gasteiger partial charge in [0.05, 0.1) is 0 Å². The van der Waals surface area contributed by atoms with Gasteiger partial charge in [0, 0.05) is 18.5 Å². The molecule has 0 aliphatic heterocycles. The molecule has 0 amide bonds. The molecular weight excluding hydrogens is 357 g/mol. The Morgan fingerprint density at radius 3 is 2.31 bits per heavy atom. The van der Waals surface area contributed by atoms with Crippen molar-refractivity contribution in [1.82, 2.24) is 4.90 Å². The van der Waals surface area contributed by atoms with Crippen LogP contribution >= 0.6 is 0 Å². The highest BCUT2D eigenvalue weighted by Gasteiger charge is 2.26. The molecule has 3 rings (SSSR count). The Kier molecular flexibility index (Phi) is 8.73. The molecule has 0 spiro atoms. The zero-order valence-corrected chi connectivity index (χ0v) is 18.3. The Bertz CT molecular complexity index is 696. The van der Waals surface area contributed by atoms with Crippen molar-refractivity contribution in [2.45, 2.75) is 89.9 Å². The van der Waals surface area contributed by atoms with Gasteiger partial charge in [-0.25, -0.2) is 4.39 Å². The van der Waals surface area contributed by atoms with E-state index in [1.165, 1.54) is 42.4 Å². The van der Waals surface area contributed by atoms with Crippen molar-refractivity contribution >= 4 is 0 Å². The van der Waals surface area contributed by atoms with Crippen LogP contribution in [0.1, 0.15) is 81.4 Å². The maximum Gasteiger partial charge on any atom is 0.107 e. The van der Waals surface area contributed by atoms with Gasteiger partial charge in [-0.05, 0) is 61.8 Å². The maximum absolute atomic E-state index is 14.3. The van der Waals surface area contributed by atoms with E-state index >= 15 is 0 Å². The van der Waals surface area contributed by atoms with Gasteiger partial charge < -0.3 is 0 Å². The number of hydrogen-bond acceptors (Lipinski definition) is 1. The second kappa shape index (κ2) is 11.5. The summed E-state index contributed by atoms with van der Waals surface area (Å²) in [6, 6.07) is 20.3. The molecule has 2 aromatic carbocycles. The summed E-state index contributed by atoms with van der Waals surface area (Å²) in [6.45, 7) is 6.76. The van der Waals surface area contributed by atoms with Crippen molar-refractivity contribution in [3.05, 3.63) is 71.3 Å². The van der Waals surface area contributed by atoms with Gasteiger partial charge in [0.15, 0.2) is 0 Å². The number of nitrogens with zero attached hydrogens (tertiary/aromatic N) is 1. The minimum Gasteiger partial charge on any atom is -0.296 e. The predicted molar refractivity (Wildman–Crippen MR) is 122 cm³/mol. The highest BCUT2D eigenvalue weighted by molar-refractivity contribution is 5.27. The van der Waals surface area contributed by atoms with E-state index < -0.39 is 6.17 Å². The number of rotatable bonds is 10. The molecule has 3 unspecified atom stereocenters. The topological polar surface area (TPSA) is 3.24 Å². The van der Waals surface area contributed by atoms with Gasteiger partial charge in [0.25, 0.3) is 0 Å². The fourth-order valence-corrected chi connectivity index (χ4v) is 4.87. The van der Waals surface area contributed by atoms with E-state index in [1.807, 2.05) is 0 Å². The van der Waals surface area contributed by atoms with E-state index in [1.54, 1.807) is 0 Å². The lowest BCUT2D eigenvalue weighted by Gasteiger charge is -2.31. The zero-order valence-electron chi connectivity index (χ0n) is 18.3. The van der Waals surface area contributed by atoms with Crippen molar-refractivity contribution in [3.8, 4) is 0 Å². The molecule has 158 valence electrons. The van der Waals surface area contributed by atoms with Gasteiger partial charge in [-0.3, -0.25) is 4.90 Å². The second-order valence-corrected chi connectivity index (χ2v) is 8.71. The van der Waals surface area contributed by atoms with Crippen LogP contribution in [0.2, 0.25) is 0 Å². The van der Waals surface area contributed by atoms with Crippen LogP contribution in [0.5, 0.6) is 0 Å². The quantitative estimate of drug-likeness (QED) is 0.408. The highest BCUT2D eigenvalue weighted by Crippen LogP contribution is 2.35. The first kappa shape index (κ1) is 22.0. The third-order valence-electron chi connectivity index (χ3n) is 6.58. The van der Waals surface area contributed by atoms with Crippen molar-refractivity contribution < 1.29 is 4.39 Å². The molecule has 1 aliphatic rings. The van der Waals surface area contributed by atoms with E-state index in [9.17, 15) is 4.39 Å². The first-order valence-electron chi connectivity index (χ1n) is 11.7. The van der Waals surface area contributed by atoms with Gasteiger partial charge in [-0.2, -0.15) is 0 Å². The number of hydrogen-bond donors (Lipinski definition) is 0. The Labute approximate surface area is 177 Å². The molecule has 1 saturated carbocycles. The molecule has 3 atom stereocenters. The van der Waals surface area contributed by atoms with Crippen LogP contribution in [0.4, 0.5) is 4.39 Å². The Morgan fingerprint density at radius 1 is 0.931 bits per heavy atom. The molecule has 1 aliphatic carbocycles. The Morgan fingerprint density at radius 2 is 1.66 bits per heavy atom. The third kappa shape index (κ3) is 6.40. The van der Waals surface area contributed by atoms with Gasteiger partial charge in [-0.1, -0.05) is 81.3 Å². The molecule has 0 heterocycles. The summed E-state index contributed by atoms with van der Waals surface area (Å²) in [5, 5.41) is 0. The lowest BCUT2D eigenvalue weighted by atomic mass is 9.82. The lowest BCUT2D eigenvalue weighted by molar-refractivity contribution is 0.173. The molecule has 0 radical (unpaired) electrons. The van der Waals surface area contributed by atoms with Crippen LogP contribution in [-0.4, -0.2) is 23.7 Å². The third-order valence-corrected chi connectivity index (χ3v) is 6.58. The summed E-state index contributed by atoms with van der Waals surface area (Å²) >= 11 is 0. The lowest BCUT2D eigenvalue weighted by Crippen LogP contribution is -2.35. The monoisotopic (exact) mass is 395 g/mol. The van der Waals surface area contributed by atoms with E-state index in [-0.39, 0.29) is 5.92 Å². The summed E-state index contributed by atoms with van der Waals surface area (Å²) in [5.74, 6) is 0.118. The Hall–Kier alpha value is -1.67. The number of aryl methyl sites for hydroxylation is 1. The fraction of sp³-hybridized carbons (Fsp3) is 0.556. The molecule has 0 N–H and O–H groups in total. The summed E-state index contributed by atoms with van der Waals surface area (Å²) in [6.07, 6.45) is 7.93. The number of alkyl halides is 1. The number of benzene rings is 2. The first-order valence-corrected chi connectivity index (χ1v) is 11.7. The van der Waals surface area contributed by atoms with Crippen LogP contribution in [0.25, 0.3) is 0 Å². The van der Waals surface area contributed by atoms with Crippen LogP contribution in [-0.2, 0) is 13.0 Å². The van der Waals surface area contributed by atoms with Gasteiger partial charge in [-0.15, -0.1) is 0 Å². The van der Waals surface area contributed by atoms with E-state index in [0.29, 0.717) is 6.04 Å². The molecule has 1 nitrogen and oxygen atoms in total. The predicted octanol–water partition coefficient (Wildman–Crippen LogP) is 7.31. The Balaban J connectivity index is 1.58. The van der Waals surface area contributed by atoms with Gasteiger partial charge in [0.1, 0.15) is 6.17 Å². The fourth-order valence-electron chi connectivity index (χ4n) is 4.87. The van der Waals surface area contributed by atoms with Gasteiger partial charge >= 0.3 is 0 Å². The molecule has 1 fully saturated rings. The summed E-state index contributed by atoms with van der Waals surface area (Å²) in [7, 11) is 0. The molecule has 2 heteroatoms. The van der Waals surface area contributed by atoms with Crippen LogP contribution < -0.4 is 0 Å². The average Bonchev–Trinajstić information content (AvgIpc) is 2.76. The SMILES string of the molecule is CCCN(Cc1ccccc1)C(CC)CCc1ccc(C2CCCCC2F)cc1. The summed E-state index contributed by atoms with van der Waals surface area (Å²) in [4.78, 5) is 2.65.